The molecule has 18 heavy (non-hydrogen) atoms. The summed E-state index contributed by atoms with van der Waals surface area (Å²) in [5.74, 6) is 0.119. The van der Waals surface area contributed by atoms with Gasteiger partial charge in [-0.3, -0.25) is 0 Å². The minimum absolute atomic E-state index is 0.119. The molecule has 0 aliphatic rings. The van der Waals surface area contributed by atoms with Gasteiger partial charge in [-0.05, 0) is 36.2 Å². The number of phenols is 1. The van der Waals surface area contributed by atoms with Crippen molar-refractivity contribution in [3.05, 3.63) is 50.1 Å². The van der Waals surface area contributed by atoms with E-state index in [9.17, 15) is 5.11 Å². The molecule has 0 amide bonds. The van der Waals surface area contributed by atoms with Gasteiger partial charge in [0.2, 0.25) is 0 Å². The molecule has 1 aromatic carbocycles. The first-order valence-electron chi connectivity index (χ1n) is 5.57. The van der Waals surface area contributed by atoms with Crippen LogP contribution < -0.4 is 5.32 Å². The van der Waals surface area contributed by atoms with Gasteiger partial charge < -0.3 is 10.4 Å². The van der Waals surface area contributed by atoms with Crippen LogP contribution in [0.5, 0.6) is 5.75 Å². The Morgan fingerprint density at radius 3 is 2.67 bits per heavy atom. The molecule has 0 unspecified atom stereocenters. The Labute approximate surface area is 120 Å². The fourth-order valence-corrected chi connectivity index (χ4v) is 2.88. The molecule has 0 aliphatic carbocycles. The quantitative estimate of drug-likeness (QED) is 0.815. The molecular formula is C13H13Cl2NOS. The summed E-state index contributed by atoms with van der Waals surface area (Å²) < 4.78 is 0.829. The van der Waals surface area contributed by atoms with Crippen molar-refractivity contribution < 1.29 is 5.11 Å². The number of nitrogens with one attached hydrogen (secondary N) is 1. The van der Waals surface area contributed by atoms with Gasteiger partial charge in [0.1, 0.15) is 5.75 Å². The number of aromatic hydroxyl groups is 1. The van der Waals surface area contributed by atoms with Crippen molar-refractivity contribution in [3.8, 4) is 5.75 Å². The van der Waals surface area contributed by atoms with Crippen molar-refractivity contribution >= 4 is 34.5 Å². The summed E-state index contributed by atoms with van der Waals surface area (Å²) in [5, 5.41) is 13.0. The Morgan fingerprint density at radius 1 is 1.17 bits per heavy atom. The zero-order chi connectivity index (χ0) is 13.0. The van der Waals surface area contributed by atoms with Crippen LogP contribution >= 0.6 is 34.5 Å². The third-order valence-electron chi connectivity index (χ3n) is 2.52. The maximum absolute atomic E-state index is 9.30. The molecule has 0 saturated carbocycles. The summed E-state index contributed by atoms with van der Waals surface area (Å²) in [6, 6.07) is 9.20. The minimum Gasteiger partial charge on any atom is -0.506 e. The molecule has 0 aliphatic heterocycles. The lowest BCUT2D eigenvalue weighted by Crippen LogP contribution is -2.16. The van der Waals surface area contributed by atoms with Gasteiger partial charge in [0, 0.05) is 18.0 Å². The average molecular weight is 302 g/mol. The van der Waals surface area contributed by atoms with E-state index in [1.54, 1.807) is 23.5 Å². The summed E-state index contributed by atoms with van der Waals surface area (Å²) in [6.45, 7) is 1.62. The largest absolute Gasteiger partial charge is 0.506 e. The molecule has 96 valence electrons. The third-order valence-corrected chi connectivity index (χ3v) is 4.11. The number of hydrogen-bond donors (Lipinski definition) is 2. The molecule has 0 atom stereocenters. The molecular weight excluding hydrogens is 289 g/mol. The highest BCUT2D eigenvalue weighted by Crippen LogP contribution is 2.23. The van der Waals surface area contributed by atoms with Crippen molar-refractivity contribution in [2.45, 2.75) is 13.0 Å². The van der Waals surface area contributed by atoms with Gasteiger partial charge in [-0.25, -0.2) is 0 Å². The summed E-state index contributed by atoms with van der Waals surface area (Å²) in [6.07, 6.45) is 0.962. The van der Waals surface area contributed by atoms with E-state index in [4.69, 9.17) is 23.2 Å². The van der Waals surface area contributed by atoms with Crippen LogP contribution in [0.4, 0.5) is 0 Å². The maximum atomic E-state index is 9.30. The standard InChI is InChI=1S/C13H13Cl2NOS/c14-11-7-9(1-3-12(11)17)8-16-6-5-10-2-4-13(15)18-10/h1-4,7,16-17H,5-6,8H2. The molecule has 1 aromatic heterocycles. The van der Waals surface area contributed by atoms with Crippen LogP contribution in [0.3, 0.4) is 0 Å². The van der Waals surface area contributed by atoms with Crippen LogP contribution in [0.25, 0.3) is 0 Å². The van der Waals surface area contributed by atoms with E-state index in [0.29, 0.717) is 5.02 Å². The van der Waals surface area contributed by atoms with Crippen LogP contribution in [-0.2, 0) is 13.0 Å². The lowest BCUT2D eigenvalue weighted by molar-refractivity contribution is 0.475. The Balaban J connectivity index is 1.76. The fraction of sp³-hybridized carbons (Fsp3) is 0.231. The van der Waals surface area contributed by atoms with Gasteiger partial charge in [0.05, 0.1) is 9.36 Å². The minimum atomic E-state index is 0.119. The number of halogens is 2. The number of thiophene rings is 1. The molecule has 2 N–H and O–H groups in total. The van der Waals surface area contributed by atoms with Crippen LogP contribution in [0, 0.1) is 0 Å². The summed E-state index contributed by atoms with van der Waals surface area (Å²) in [7, 11) is 0. The first-order valence-corrected chi connectivity index (χ1v) is 7.15. The van der Waals surface area contributed by atoms with E-state index in [-0.39, 0.29) is 5.75 Å². The fourth-order valence-electron chi connectivity index (χ4n) is 1.59. The van der Waals surface area contributed by atoms with Gasteiger partial charge in [0.25, 0.3) is 0 Å². The van der Waals surface area contributed by atoms with Crippen LogP contribution in [0.1, 0.15) is 10.4 Å². The van der Waals surface area contributed by atoms with Crippen molar-refractivity contribution in [3.63, 3.8) is 0 Å². The van der Waals surface area contributed by atoms with E-state index in [1.165, 1.54) is 4.88 Å². The topological polar surface area (TPSA) is 32.3 Å². The second-order valence-corrected chi connectivity index (χ2v) is 6.13. The van der Waals surface area contributed by atoms with Crippen molar-refractivity contribution in [2.75, 3.05) is 6.54 Å². The molecule has 2 rings (SSSR count). The highest BCUT2D eigenvalue weighted by molar-refractivity contribution is 7.16. The molecule has 0 saturated heterocycles. The van der Waals surface area contributed by atoms with E-state index in [0.717, 1.165) is 29.4 Å². The highest BCUT2D eigenvalue weighted by Gasteiger charge is 2.01. The van der Waals surface area contributed by atoms with E-state index < -0.39 is 0 Å². The van der Waals surface area contributed by atoms with Crippen LogP contribution in [0.2, 0.25) is 9.36 Å². The van der Waals surface area contributed by atoms with E-state index in [1.807, 2.05) is 18.2 Å². The average Bonchev–Trinajstić information content (AvgIpc) is 2.75. The zero-order valence-corrected chi connectivity index (χ0v) is 11.9. The summed E-state index contributed by atoms with van der Waals surface area (Å²) >= 11 is 13.3. The monoisotopic (exact) mass is 301 g/mol. The number of hydrogen-bond acceptors (Lipinski definition) is 3. The lowest BCUT2D eigenvalue weighted by Gasteiger charge is -2.05. The van der Waals surface area contributed by atoms with Gasteiger partial charge >= 0.3 is 0 Å². The lowest BCUT2D eigenvalue weighted by atomic mass is 10.2. The van der Waals surface area contributed by atoms with Gasteiger partial charge in [-0.15, -0.1) is 11.3 Å². The smallest absolute Gasteiger partial charge is 0.134 e. The molecule has 2 aromatic rings. The van der Waals surface area contributed by atoms with Crippen LogP contribution in [-0.4, -0.2) is 11.7 Å². The van der Waals surface area contributed by atoms with Gasteiger partial charge in [0.15, 0.2) is 0 Å². The normalized spacial score (nSPS) is 10.8. The number of rotatable bonds is 5. The second kappa shape index (κ2) is 6.43. The SMILES string of the molecule is Oc1ccc(CNCCc2ccc(Cl)s2)cc1Cl. The molecule has 0 spiro atoms. The first-order chi connectivity index (χ1) is 8.65. The van der Waals surface area contributed by atoms with Gasteiger partial charge in [-0.1, -0.05) is 29.3 Å². The van der Waals surface area contributed by atoms with E-state index >= 15 is 0 Å². The van der Waals surface area contributed by atoms with Crippen molar-refractivity contribution in [2.24, 2.45) is 0 Å². The van der Waals surface area contributed by atoms with Gasteiger partial charge in [-0.2, -0.15) is 0 Å². The molecule has 0 bridgehead atoms. The Hall–Kier alpha value is -0.740. The predicted octanol–water partition coefficient (Wildman–Crippen LogP) is 4.09. The summed E-state index contributed by atoms with van der Waals surface area (Å²) in [4.78, 5) is 1.27. The number of benzene rings is 1. The molecule has 0 fully saturated rings. The first kappa shape index (κ1) is 13.7. The van der Waals surface area contributed by atoms with Crippen LogP contribution in [0.15, 0.2) is 30.3 Å². The van der Waals surface area contributed by atoms with Crippen molar-refractivity contribution in [1.82, 2.24) is 5.32 Å². The maximum Gasteiger partial charge on any atom is 0.134 e. The zero-order valence-electron chi connectivity index (χ0n) is 9.62. The predicted molar refractivity (Wildman–Crippen MR) is 77.9 cm³/mol. The summed E-state index contributed by atoms with van der Waals surface area (Å²) in [5.41, 5.74) is 1.06. The molecule has 1 heterocycles. The number of phenolic OH excluding ortho intramolecular Hbond substituents is 1. The second-order valence-electron chi connectivity index (χ2n) is 3.92. The Bertz CT molecular complexity index is 527. The highest BCUT2D eigenvalue weighted by atomic mass is 35.5. The van der Waals surface area contributed by atoms with Crippen molar-refractivity contribution in [1.29, 1.82) is 0 Å². The molecule has 5 heteroatoms. The van der Waals surface area contributed by atoms with E-state index in [2.05, 4.69) is 5.32 Å². The molecule has 2 nitrogen and oxygen atoms in total. The Morgan fingerprint density at radius 2 is 2.00 bits per heavy atom. The molecule has 0 radical (unpaired) electrons. The Kier molecular flexibility index (Phi) is 4.89. The third kappa shape index (κ3) is 3.89.